The maximum absolute atomic E-state index is 12.9. The maximum Gasteiger partial charge on any atom is 0.257 e. The van der Waals surface area contributed by atoms with Crippen LogP contribution in [0.5, 0.6) is 11.5 Å². The number of nitrogens with zero attached hydrogens (tertiary/aromatic N) is 4. The fourth-order valence-corrected chi connectivity index (χ4v) is 3.92. The lowest BCUT2D eigenvalue weighted by Gasteiger charge is -2.34. The Morgan fingerprint density at radius 1 is 1.17 bits per heavy atom. The molecule has 0 bridgehead atoms. The highest BCUT2D eigenvalue weighted by molar-refractivity contribution is 7.13. The van der Waals surface area contributed by atoms with Crippen molar-refractivity contribution in [2.45, 2.75) is 6.54 Å². The van der Waals surface area contributed by atoms with Crippen molar-refractivity contribution in [1.82, 2.24) is 19.9 Å². The molecule has 152 valence electrons. The molecule has 0 saturated carbocycles. The van der Waals surface area contributed by atoms with Gasteiger partial charge >= 0.3 is 0 Å². The van der Waals surface area contributed by atoms with Crippen molar-refractivity contribution in [2.24, 2.45) is 0 Å². The summed E-state index contributed by atoms with van der Waals surface area (Å²) in [6, 6.07) is 9.18. The molecular weight excluding hydrogens is 392 g/mol. The van der Waals surface area contributed by atoms with Gasteiger partial charge in [-0.1, -0.05) is 11.2 Å². The minimum absolute atomic E-state index is 0.0399. The van der Waals surface area contributed by atoms with Crippen LogP contribution in [0.4, 0.5) is 0 Å². The Labute approximate surface area is 172 Å². The first-order valence-electron chi connectivity index (χ1n) is 9.28. The number of hydrogen-bond donors (Lipinski definition) is 0. The van der Waals surface area contributed by atoms with Crippen molar-refractivity contribution in [3.8, 4) is 22.2 Å². The predicted octanol–water partition coefficient (Wildman–Crippen LogP) is 2.77. The Morgan fingerprint density at radius 3 is 2.69 bits per heavy atom. The Bertz CT molecular complexity index is 965. The van der Waals surface area contributed by atoms with E-state index in [-0.39, 0.29) is 5.91 Å². The van der Waals surface area contributed by atoms with E-state index in [1.807, 2.05) is 22.4 Å². The van der Waals surface area contributed by atoms with Gasteiger partial charge in [-0.3, -0.25) is 9.69 Å². The lowest BCUT2D eigenvalue weighted by Crippen LogP contribution is -2.48. The Balaban J connectivity index is 1.35. The van der Waals surface area contributed by atoms with E-state index in [4.69, 9.17) is 14.0 Å². The van der Waals surface area contributed by atoms with Gasteiger partial charge in [0, 0.05) is 32.2 Å². The third-order valence-corrected chi connectivity index (χ3v) is 5.73. The number of carbonyl (C=O) groups excluding carboxylic acids is 1. The van der Waals surface area contributed by atoms with Crippen molar-refractivity contribution in [3.05, 3.63) is 47.2 Å². The quantitative estimate of drug-likeness (QED) is 0.613. The van der Waals surface area contributed by atoms with Gasteiger partial charge in [-0.15, -0.1) is 11.3 Å². The fraction of sp³-hybridized carbons (Fsp3) is 0.350. The smallest absolute Gasteiger partial charge is 0.257 e. The minimum atomic E-state index is -0.0399. The molecule has 4 rings (SSSR count). The second-order valence-electron chi connectivity index (χ2n) is 6.62. The summed E-state index contributed by atoms with van der Waals surface area (Å²) in [6.45, 7) is 3.30. The molecule has 0 radical (unpaired) electrons. The SMILES string of the molecule is COc1ccc(C(=O)N2CCN(Cc3nc(-c4cccs4)no3)CC2)c(OC)c1. The molecule has 0 atom stereocenters. The molecule has 1 saturated heterocycles. The van der Waals surface area contributed by atoms with Crippen LogP contribution in [0.25, 0.3) is 10.7 Å². The van der Waals surface area contributed by atoms with Crippen molar-refractivity contribution in [3.63, 3.8) is 0 Å². The lowest BCUT2D eigenvalue weighted by molar-refractivity contribution is 0.0612. The summed E-state index contributed by atoms with van der Waals surface area (Å²) in [5, 5.41) is 6.03. The van der Waals surface area contributed by atoms with Gasteiger partial charge in [-0.05, 0) is 23.6 Å². The van der Waals surface area contributed by atoms with E-state index in [9.17, 15) is 4.79 Å². The third-order valence-electron chi connectivity index (χ3n) is 4.87. The Morgan fingerprint density at radius 2 is 2.00 bits per heavy atom. The van der Waals surface area contributed by atoms with Gasteiger partial charge in [0.15, 0.2) is 0 Å². The largest absolute Gasteiger partial charge is 0.497 e. The van der Waals surface area contributed by atoms with E-state index < -0.39 is 0 Å². The average Bonchev–Trinajstić information content (AvgIpc) is 3.45. The molecule has 1 aromatic carbocycles. The van der Waals surface area contributed by atoms with Gasteiger partial charge < -0.3 is 18.9 Å². The number of carbonyl (C=O) groups is 1. The third kappa shape index (κ3) is 4.25. The van der Waals surface area contributed by atoms with E-state index >= 15 is 0 Å². The van der Waals surface area contributed by atoms with Crippen molar-refractivity contribution in [1.29, 1.82) is 0 Å². The summed E-state index contributed by atoms with van der Waals surface area (Å²) in [7, 11) is 3.14. The van der Waals surface area contributed by atoms with Gasteiger partial charge in [0.2, 0.25) is 11.7 Å². The summed E-state index contributed by atoms with van der Waals surface area (Å²) >= 11 is 1.58. The first kappa shape index (κ1) is 19.4. The van der Waals surface area contributed by atoms with E-state index in [2.05, 4.69) is 15.0 Å². The van der Waals surface area contributed by atoms with Crippen LogP contribution < -0.4 is 9.47 Å². The normalized spacial score (nSPS) is 14.8. The summed E-state index contributed by atoms with van der Waals surface area (Å²) in [4.78, 5) is 22.4. The molecular formula is C20H22N4O4S. The zero-order valence-electron chi connectivity index (χ0n) is 16.3. The lowest BCUT2D eigenvalue weighted by atomic mass is 10.1. The molecule has 1 amide bonds. The van der Waals surface area contributed by atoms with Crippen LogP contribution in [0.3, 0.4) is 0 Å². The summed E-state index contributed by atoms with van der Waals surface area (Å²) in [5.41, 5.74) is 0.541. The summed E-state index contributed by atoms with van der Waals surface area (Å²) < 4.78 is 16.0. The van der Waals surface area contributed by atoms with Gasteiger partial charge in [-0.25, -0.2) is 0 Å². The number of rotatable bonds is 6. The highest BCUT2D eigenvalue weighted by Crippen LogP contribution is 2.26. The number of aromatic nitrogens is 2. The van der Waals surface area contributed by atoms with Crippen LogP contribution in [0.1, 0.15) is 16.2 Å². The van der Waals surface area contributed by atoms with E-state index in [1.54, 1.807) is 43.8 Å². The van der Waals surface area contributed by atoms with E-state index in [1.165, 1.54) is 0 Å². The zero-order valence-corrected chi connectivity index (χ0v) is 17.1. The number of ether oxygens (including phenoxy) is 2. The zero-order chi connectivity index (χ0) is 20.2. The van der Waals surface area contributed by atoms with Gasteiger partial charge in [-0.2, -0.15) is 4.98 Å². The first-order valence-corrected chi connectivity index (χ1v) is 10.2. The molecule has 0 aliphatic carbocycles. The average molecular weight is 414 g/mol. The van der Waals surface area contributed by atoms with Crippen LogP contribution in [-0.4, -0.2) is 66.2 Å². The molecule has 1 aliphatic heterocycles. The highest BCUT2D eigenvalue weighted by atomic mass is 32.1. The molecule has 3 heterocycles. The molecule has 3 aromatic rings. The standard InChI is InChI=1S/C20H22N4O4S/c1-26-14-5-6-15(16(12-14)27-2)20(25)24-9-7-23(8-10-24)13-18-21-19(22-28-18)17-4-3-11-29-17/h3-6,11-12H,7-10,13H2,1-2H3. The topological polar surface area (TPSA) is 80.9 Å². The number of methoxy groups -OCH3 is 2. The molecule has 1 fully saturated rings. The Kier molecular flexibility index (Phi) is 5.77. The molecule has 9 heteroatoms. The number of piperazine rings is 1. The Hall–Kier alpha value is -2.91. The van der Waals surface area contributed by atoms with Crippen molar-refractivity contribution in [2.75, 3.05) is 40.4 Å². The van der Waals surface area contributed by atoms with Gasteiger partial charge in [0.25, 0.3) is 5.91 Å². The fourth-order valence-electron chi connectivity index (χ4n) is 3.27. The van der Waals surface area contributed by atoms with Gasteiger partial charge in [0.1, 0.15) is 11.5 Å². The second-order valence-corrected chi connectivity index (χ2v) is 7.57. The first-order chi connectivity index (χ1) is 14.2. The predicted molar refractivity (Wildman–Crippen MR) is 108 cm³/mol. The molecule has 8 nitrogen and oxygen atoms in total. The molecule has 0 unspecified atom stereocenters. The van der Waals surface area contributed by atoms with Crippen molar-refractivity contribution >= 4 is 17.2 Å². The van der Waals surface area contributed by atoms with Gasteiger partial charge in [0.05, 0.1) is 31.2 Å². The molecule has 2 aromatic heterocycles. The van der Waals surface area contributed by atoms with E-state index in [0.717, 1.165) is 18.0 Å². The molecule has 0 spiro atoms. The molecule has 0 N–H and O–H groups in total. The molecule has 29 heavy (non-hydrogen) atoms. The monoisotopic (exact) mass is 414 g/mol. The number of benzene rings is 1. The highest BCUT2D eigenvalue weighted by Gasteiger charge is 2.25. The van der Waals surface area contributed by atoms with Crippen LogP contribution in [0.2, 0.25) is 0 Å². The van der Waals surface area contributed by atoms with Crippen LogP contribution in [0, 0.1) is 0 Å². The number of hydrogen-bond acceptors (Lipinski definition) is 8. The van der Waals surface area contributed by atoms with Crippen LogP contribution in [0.15, 0.2) is 40.2 Å². The maximum atomic E-state index is 12.9. The molecule has 1 aliphatic rings. The summed E-state index contributed by atoms with van der Waals surface area (Å²) in [6.07, 6.45) is 0. The number of amides is 1. The van der Waals surface area contributed by atoms with Crippen molar-refractivity contribution < 1.29 is 18.8 Å². The second kappa shape index (κ2) is 8.62. The van der Waals surface area contributed by atoms with E-state index in [0.29, 0.717) is 48.4 Å². The number of thiophene rings is 1. The summed E-state index contributed by atoms with van der Waals surface area (Å²) in [5.74, 6) is 2.34. The van der Waals surface area contributed by atoms with Crippen LogP contribution in [-0.2, 0) is 6.54 Å². The minimum Gasteiger partial charge on any atom is -0.497 e. The van der Waals surface area contributed by atoms with Crippen LogP contribution >= 0.6 is 11.3 Å².